The van der Waals surface area contributed by atoms with Crippen LogP contribution in [0.5, 0.6) is 0 Å². The largest absolute Gasteiger partial charge is 0.481 e. The van der Waals surface area contributed by atoms with E-state index in [1.165, 1.54) is 6.08 Å². The third kappa shape index (κ3) is 5.81. The van der Waals surface area contributed by atoms with E-state index in [9.17, 15) is 14.4 Å². The van der Waals surface area contributed by atoms with Gasteiger partial charge in [0.05, 0.1) is 0 Å². The molecule has 0 bridgehead atoms. The molecule has 0 atom stereocenters. The fourth-order valence-electron chi connectivity index (χ4n) is 4.47. The van der Waals surface area contributed by atoms with Gasteiger partial charge in [0.15, 0.2) is 11.5 Å². The molecule has 3 heterocycles. The molecule has 29 heavy (non-hydrogen) atoms. The number of ketones is 1. The van der Waals surface area contributed by atoms with Gasteiger partial charge in [-0.2, -0.15) is 0 Å². The van der Waals surface area contributed by atoms with Crippen molar-refractivity contribution in [1.29, 1.82) is 0 Å². The van der Waals surface area contributed by atoms with E-state index in [1.807, 2.05) is 18.7 Å². The number of carbonyl (C=O) groups is 3. The maximum absolute atomic E-state index is 12.7. The van der Waals surface area contributed by atoms with Gasteiger partial charge in [0, 0.05) is 58.2 Å². The predicted molar refractivity (Wildman–Crippen MR) is 110 cm³/mol. The smallest absolute Gasteiger partial charge is 0.289 e. The van der Waals surface area contributed by atoms with Gasteiger partial charge in [-0.3, -0.25) is 14.4 Å². The van der Waals surface area contributed by atoms with Gasteiger partial charge in [-0.1, -0.05) is 6.92 Å². The Hall–Kier alpha value is -1.89. The summed E-state index contributed by atoms with van der Waals surface area (Å²) in [7, 11) is 0. The van der Waals surface area contributed by atoms with Crippen LogP contribution in [0.1, 0.15) is 52.9 Å². The first-order valence-corrected chi connectivity index (χ1v) is 11.0. The second-order valence-corrected chi connectivity index (χ2v) is 9.10. The van der Waals surface area contributed by atoms with Gasteiger partial charge in [-0.25, -0.2) is 0 Å². The molecule has 3 aliphatic heterocycles. The lowest BCUT2D eigenvalue weighted by atomic mass is 9.91. The molecule has 0 unspecified atom stereocenters. The van der Waals surface area contributed by atoms with Crippen LogP contribution < -0.4 is 0 Å². The summed E-state index contributed by atoms with van der Waals surface area (Å²) < 4.78 is 5.74. The topological polar surface area (TPSA) is 70.2 Å². The number of piperazine rings is 1. The van der Waals surface area contributed by atoms with Crippen molar-refractivity contribution in [1.82, 2.24) is 14.7 Å². The van der Waals surface area contributed by atoms with E-state index in [1.54, 1.807) is 4.90 Å². The summed E-state index contributed by atoms with van der Waals surface area (Å²) in [6.07, 6.45) is 4.92. The van der Waals surface area contributed by atoms with E-state index in [0.717, 1.165) is 52.0 Å². The summed E-state index contributed by atoms with van der Waals surface area (Å²) in [5.74, 6) is 0.665. The summed E-state index contributed by atoms with van der Waals surface area (Å²) in [6, 6.07) is 0. The molecule has 0 saturated carbocycles. The molecule has 7 heteroatoms. The number of likely N-dealkylation sites (N-methyl/N-ethyl adjacent to an activating group) is 1. The van der Waals surface area contributed by atoms with Gasteiger partial charge >= 0.3 is 0 Å². The maximum Gasteiger partial charge on any atom is 0.289 e. The molecule has 0 radical (unpaired) electrons. The zero-order valence-corrected chi connectivity index (χ0v) is 18.1. The first kappa shape index (κ1) is 21.8. The monoisotopic (exact) mass is 405 g/mol. The van der Waals surface area contributed by atoms with Crippen LogP contribution >= 0.6 is 0 Å². The molecule has 0 aromatic carbocycles. The molecule has 3 aliphatic rings. The minimum absolute atomic E-state index is 0.0576. The summed E-state index contributed by atoms with van der Waals surface area (Å²) >= 11 is 0. The third-order valence-corrected chi connectivity index (χ3v) is 6.33. The van der Waals surface area contributed by atoms with Crippen molar-refractivity contribution in [3.63, 3.8) is 0 Å². The van der Waals surface area contributed by atoms with Crippen molar-refractivity contribution in [2.24, 2.45) is 5.92 Å². The first-order valence-electron chi connectivity index (χ1n) is 11.0. The van der Waals surface area contributed by atoms with Crippen molar-refractivity contribution >= 4 is 17.6 Å². The van der Waals surface area contributed by atoms with Crippen LogP contribution in [-0.2, 0) is 19.1 Å². The number of allylic oxidation sites excluding steroid dienone is 1. The number of hydrogen-bond donors (Lipinski definition) is 0. The van der Waals surface area contributed by atoms with Crippen molar-refractivity contribution in [2.75, 3.05) is 45.8 Å². The van der Waals surface area contributed by atoms with Gasteiger partial charge in [0.25, 0.3) is 5.91 Å². The lowest BCUT2D eigenvalue weighted by Gasteiger charge is -2.36. The zero-order valence-electron chi connectivity index (χ0n) is 18.1. The lowest BCUT2D eigenvalue weighted by Crippen LogP contribution is -2.48. The SMILES string of the molecule is CCN1CCN(C(=O)CCC2CCN(C(=O)C3=CC(=O)CC(C)(C)O3)CC2)CC1. The van der Waals surface area contributed by atoms with Crippen LogP contribution in [0.3, 0.4) is 0 Å². The second kappa shape index (κ2) is 9.28. The van der Waals surface area contributed by atoms with E-state index >= 15 is 0 Å². The van der Waals surface area contributed by atoms with Crippen LogP contribution in [0.2, 0.25) is 0 Å². The summed E-state index contributed by atoms with van der Waals surface area (Å²) in [5.41, 5.74) is -0.627. The third-order valence-electron chi connectivity index (χ3n) is 6.33. The van der Waals surface area contributed by atoms with E-state index in [0.29, 0.717) is 31.8 Å². The van der Waals surface area contributed by atoms with Crippen molar-refractivity contribution in [2.45, 2.75) is 58.5 Å². The number of nitrogens with zero attached hydrogens (tertiary/aromatic N) is 3. The highest BCUT2D eigenvalue weighted by Gasteiger charge is 2.34. The normalized spacial score (nSPS) is 23.6. The fourth-order valence-corrected chi connectivity index (χ4v) is 4.47. The van der Waals surface area contributed by atoms with Crippen LogP contribution in [-0.4, -0.2) is 83.7 Å². The zero-order chi connectivity index (χ0) is 21.0. The highest BCUT2D eigenvalue weighted by molar-refractivity contribution is 6.01. The summed E-state index contributed by atoms with van der Waals surface area (Å²) in [6.45, 7) is 11.8. The number of hydrogen-bond acceptors (Lipinski definition) is 5. The molecule has 0 aromatic rings. The number of ether oxygens (including phenoxy) is 1. The average molecular weight is 406 g/mol. The Labute approximate surface area is 174 Å². The standard InChI is InChI=1S/C22H35N3O4/c1-4-23-11-13-24(14-12-23)20(27)6-5-17-7-9-25(10-8-17)21(28)19-15-18(26)16-22(2,3)29-19/h15,17H,4-14,16H2,1-3H3. The number of rotatable bonds is 5. The molecule has 162 valence electrons. The van der Waals surface area contributed by atoms with Gasteiger partial charge in [0.1, 0.15) is 5.60 Å². The lowest BCUT2D eigenvalue weighted by molar-refractivity contribution is -0.139. The van der Waals surface area contributed by atoms with Crippen molar-refractivity contribution in [3.05, 3.63) is 11.8 Å². The van der Waals surface area contributed by atoms with Crippen molar-refractivity contribution < 1.29 is 19.1 Å². The Morgan fingerprint density at radius 3 is 2.31 bits per heavy atom. The van der Waals surface area contributed by atoms with E-state index < -0.39 is 5.60 Å². The maximum atomic E-state index is 12.7. The van der Waals surface area contributed by atoms with Crippen LogP contribution in [0.4, 0.5) is 0 Å². The molecule has 3 rings (SSSR count). The van der Waals surface area contributed by atoms with E-state index in [4.69, 9.17) is 4.74 Å². The van der Waals surface area contributed by atoms with Gasteiger partial charge in [-0.05, 0) is 45.6 Å². The molecule has 2 amide bonds. The molecule has 0 aromatic heterocycles. The highest BCUT2D eigenvalue weighted by atomic mass is 16.5. The Bertz CT molecular complexity index is 657. The molecule has 7 nitrogen and oxygen atoms in total. The second-order valence-electron chi connectivity index (χ2n) is 9.10. The minimum atomic E-state index is -0.627. The van der Waals surface area contributed by atoms with Gasteiger partial charge in [-0.15, -0.1) is 0 Å². The van der Waals surface area contributed by atoms with Gasteiger partial charge in [0.2, 0.25) is 5.91 Å². The molecule has 0 N–H and O–H groups in total. The molecular weight excluding hydrogens is 370 g/mol. The van der Waals surface area contributed by atoms with E-state index in [2.05, 4.69) is 11.8 Å². The molecule has 2 fully saturated rings. The average Bonchev–Trinajstić information content (AvgIpc) is 2.70. The van der Waals surface area contributed by atoms with E-state index in [-0.39, 0.29) is 23.4 Å². The quantitative estimate of drug-likeness (QED) is 0.698. The highest BCUT2D eigenvalue weighted by Crippen LogP contribution is 2.28. The molecular formula is C22H35N3O4. The Morgan fingerprint density at radius 1 is 1.07 bits per heavy atom. The fraction of sp³-hybridized carbons (Fsp3) is 0.773. The Kier molecular flexibility index (Phi) is 6.98. The van der Waals surface area contributed by atoms with Crippen LogP contribution in [0.15, 0.2) is 11.8 Å². The minimum Gasteiger partial charge on any atom is -0.481 e. The van der Waals surface area contributed by atoms with Gasteiger partial charge < -0.3 is 19.4 Å². The van der Waals surface area contributed by atoms with Crippen LogP contribution in [0.25, 0.3) is 0 Å². The molecule has 2 saturated heterocycles. The number of piperidine rings is 1. The number of likely N-dealkylation sites (tertiary alicyclic amines) is 1. The first-order chi connectivity index (χ1) is 13.8. The summed E-state index contributed by atoms with van der Waals surface area (Å²) in [4.78, 5) is 43.3. The van der Waals surface area contributed by atoms with Crippen LogP contribution in [0, 0.1) is 5.92 Å². The van der Waals surface area contributed by atoms with Crippen molar-refractivity contribution in [3.8, 4) is 0 Å². The predicted octanol–water partition coefficient (Wildman–Crippen LogP) is 1.82. The molecule has 0 spiro atoms. The molecule has 0 aliphatic carbocycles. The summed E-state index contributed by atoms with van der Waals surface area (Å²) in [5, 5.41) is 0. The number of amides is 2. The Balaban J connectivity index is 1.41. The Morgan fingerprint density at radius 2 is 1.72 bits per heavy atom. The number of carbonyl (C=O) groups excluding carboxylic acids is 3.